The Bertz CT molecular complexity index is 1520. The molecule has 11 heteroatoms. The zero-order valence-electron chi connectivity index (χ0n) is 21.1. The first-order valence-corrected chi connectivity index (χ1v) is 12.1. The molecule has 0 radical (unpaired) electrons. The average molecular weight is 517 g/mol. The van der Waals surface area contributed by atoms with Crippen molar-refractivity contribution in [3.8, 4) is 16.9 Å². The Labute approximate surface area is 218 Å². The van der Waals surface area contributed by atoms with Crippen LogP contribution in [0.15, 0.2) is 59.8 Å². The zero-order chi connectivity index (χ0) is 27.2. The van der Waals surface area contributed by atoms with Crippen LogP contribution in [0.25, 0.3) is 22.0 Å². The summed E-state index contributed by atoms with van der Waals surface area (Å²) < 4.78 is 1.53. The lowest BCUT2D eigenvalue weighted by Crippen LogP contribution is -2.27. The Hall–Kier alpha value is -4.80. The molecular weight excluding hydrogens is 488 g/mol. The van der Waals surface area contributed by atoms with Crippen molar-refractivity contribution in [2.45, 2.75) is 25.8 Å². The van der Waals surface area contributed by atoms with Gasteiger partial charge in [0, 0.05) is 56.9 Å². The van der Waals surface area contributed by atoms with Crippen molar-refractivity contribution < 1.29 is 19.8 Å². The number of carboxylic acid groups (broad SMARTS) is 1. The normalized spacial score (nSPS) is 10.9. The van der Waals surface area contributed by atoms with Gasteiger partial charge in [0.05, 0.1) is 17.3 Å². The number of aromatic hydroxyl groups is 1. The lowest BCUT2D eigenvalue weighted by molar-refractivity contribution is -0.137. The van der Waals surface area contributed by atoms with Gasteiger partial charge in [0.2, 0.25) is 5.95 Å². The van der Waals surface area contributed by atoms with Gasteiger partial charge in [-0.05, 0) is 24.5 Å². The Balaban J connectivity index is 1.78. The molecule has 3 heterocycles. The minimum atomic E-state index is -0.963. The van der Waals surface area contributed by atoms with Crippen molar-refractivity contribution in [3.63, 3.8) is 0 Å². The molecule has 0 aliphatic rings. The summed E-state index contributed by atoms with van der Waals surface area (Å²) in [5.41, 5.74) is 1.62. The van der Waals surface area contributed by atoms with E-state index in [1.54, 1.807) is 31.4 Å². The molecule has 0 fully saturated rings. The molecule has 0 aliphatic carbocycles. The lowest BCUT2D eigenvalue weighted by atomic mass is 10.1. The van der Waals surface area contributed by atoms with Gasteiger partial charge < -0.3 is 25.0 Å². The number of amides is 1. The number of nitrogens with one attached hydrogen (secondary N) is 1. The number of benzene rings is 1. The number of hydrogen-bond acceptors (Lipinski definition) is 8. The maximum absolute atomic E-state index is 13.6. The van der Waals surface area contributed by atoms with Crippen molar-refractivity contribution in [1.82, 2.24) is 24.8 Å². The van der Waals surface area contributed by atoms with Crippen LogP contribution in [0.4, 0.5) is 5.95 Å². The van der Waals surface area contributed by atoms with Gasteiger partial charge in [-0.1, -0.05) is 30.3 Å². The number of pyridine rings is 2. The van der Waals surface area contributed by atoms with E-state index in [4.69, 9.17) is 5.11 Å². The molecule has 4 aromatic rings. The third-order valence-electron chi connectivity index (χ3n) is 6.01. The number of aromatic nitrogens is 4. The molecule has 38 heavy (non-hydrogen) atoms. The molecule has 0 saturated carbocycles. The van der Waals surface area contributed by atoms with Gasteiger partial charge in [-0.15, -0.1) is 0 Å². The van der Waals surface area contributed by atoms with Crippen molar-refractivity contribution in [2.24, 2.45) is 0 Å². The SMILES string of the molecule is CN(C)c1ncc(-c2cc3c(O)c(C(=O)NCCCC(=O)O)ncc3n(CCc3ccccc3)c2=O)cn1. The second-order valence-corrected chi connectivity index (χ2v) is 8.92. The highest BCUT2D eigenvalue weighted by atomic mass is 16.4. The molecule has 4 rings (SSSR count). The Morgan fingerprint density at radius 3 is 2.42 bits per heavy atom. The number of carbonyl (C=O) groups excluding carboxylic acids is 1. The Morgan fingerprint density at radius 2 is 1.76 bits per heavy atom. The van der Waals surface area contributed by atoms with E-state index in [2.05, 4.69) is 20.3 Å². The molecule has 0 bridgehead atoms. The summed E-state index contributed by atoms with van der Waals surface area (Å²) in [6.45, 7) is 0.424. The van der Waals surface area contributed by atoms with E-state index in [1.165, 1.54) is 16.8 Å². The second-order valence-electron chi connectivity index (χ2n) is 8.92. The summed E-state index contributed by atoms with van der Waals surface area (Å²) in [5, 5.41) is 22.7. The topological polar surface area (TPSA) is 151 Å². The Morgan fingerprint density at radius 1 is 1.05 bits per heavy atom. The van der Waals surface area contributed by atoms with Crippen LogP contribution in [0.5, 0.6) is 5.75 Å². The van der Waals surface area contributed by atoms with Gasteiger partial charge in [-0.2, -0.15) is 0 Å². The molecule has 1 aromatic carbocycles. The molecule has 0 spiro atoms. The molecule has 11 nitrogen and oxygen atoms in total. The number of carbonyl (C=O) groups is 2. The fourth-order valence-electron chi connectivity index (χ4n) is 4.02. The largest absolute Gasteiger partial charge is 0.505 e. The summed E-state index contributed by atoms with van der Waals surface area (Å²) in [6, 6.07) is 11.2. The monoisotopic (exact) mass is 516 g/mol. The first kappa shape index (κ1) is 26.3. The predicted molar refractivity (Wildman–Crippen MR) is 142 cm³/mol. The number of carboxylic acids is 1. The molecule has 0 atom stereocenters. The fourth-order valence-corrected chi connectivity index (χ4v) is 4.02. The molecule has 3 aromatic heterocycles. The van der Waals surface area contributed by atoms with Crippen molar-refractivity contribution in [3.05, 3.63) is 76.6 Å². The Kier molecular flexibility index (Phi) is 7.95. The van der Waals surface area contributed by atoms with Crippen LogP contribution in [0.2, 0.25) is 0 Å². The summed E-state index contributed by atoms with van der Waals surface area (Å²) in [6.07, 6.45) is 5.18. The van der Waals surface area contributed by atoms with E-state index in [-0.39, 0.29) is 47.3 Å². The van der Waals surface area contributed by atoms with Gasteiger partial charge in [-0.25, -0.2) is 15.0 Å². The number of aliphatic carboxylic acids is 1. The smallest absolute Gasteiger partial charge is 0.303 e. The van der Waals surface area contributed by atoms with Gasteiger partial charge in [0.1, 0.15) is 0 Å². The van der Waals surface area contributed by atoms with Gasteiger partial charge in [-0.3, -0.25) is 14.4 Å². The number of nitrogens with zero attached hydrogens (tertiary/aromatic N) is 5. The number of rotatable bonds is 10. The van der Waals surface area contributed by atoms with E-state index in [0.29, 0.717) is 30.0 Å². The molecule has 0 unspecified atom stereocenters. The molecule has 0 aliphatic heterocycles. The quantitative estimate of drug-likeness (QED) is 0.270. The molecule has 0 saturated heterocycles. The number of hydrogen-bond donors (Lipinski definition) is 3. The fraction of sp³-hybridized carbons (Fsp3) is 0.259. The highest BCUT2D eigenvalue weighted by molar-refractivity contribution is 6.01. The molecule has 196 valence electrons. The van der Waals surface area contributed by atoms with Crippen LogP contribution in [0.3, 0.4) is 0 Å². The summed E-state index contributed by atoms with van der Waals surface area (Å²) in [7, 11) is 3.61. The summed E-state index contributed by atoms with van der Waals surface area (Å²) in [4.78, 5) is 51.5. The standard InChI is InChI=1S/C27H28N6O5/c1-32(2)27-30-14-18(15-31-27)19-13-20-21(33(26(19)38)12-10-17-7-4-3-5-8-17)16-29-23(24(20)36)25(37)28-11-6-9-22(34)35/h3-5,7-8,13-16,36H,6,9-12H2,1-2H3,(H,28,37)(H,34,35). The maximum atomic E-state index is 13.6. The minimum Gasteiger partial charge on any atom is -0.505 e. The number of anilines is 1. The summed E-state index contributed by atoms with van der Waals surface area (Å²) >= 11 is 0. The van der Waals surface area contributed by atoms with Crippen LogP contribution in [0, 0.1) is 0 Å². The average Bonchev–Trinajstić information content (AvgIpc) is 2.91. The van der Waals surface area contributed by atoms with E-state index in [0.717, 1.165) is 5.56 Å². The third kappa shape index (κ3) is 5.77. The van der Waals surface area contributed by atoms with Crippen molar-refractivity contribution in [2.75, 3.05) is 25.5 Å². The van der Waals surface area contributed by atoms with Crippen molar-refractivity contribution in [1.29, 1.82) is 0 Å². The molecule has 3 N–H and O–H groups in total. The molecular formula is C27H28N6O5. The van der Waals surface area contributed by atoms with Gasteiger partial charge in [0.15, 0.2) is 11.4 Å². The highest BCUT2D eigenvalue weighted by Crippen LogP contribution is 2.30. The predicted octanol–water partition coefficient (Wildman–Crippen LogP) is 2.46. The van der Waals surface area contributed by atoms with Gasteiger partial charge >= 0.3 is 5.97 Å². The second kappa shape index (κ2) is 11.5. The van der Waals surface area contributed by atoms with E-state index in [9.17, 15) is 19.5 Å². The van der Waals surface area contributed by atoms with Crippen LogP contribution in [-0.2, 0) is 17.8 Å². The summed E-state index contributed by atoms with van der Waals surface area (Å²) in [5.74, 6) is -1.50. The minimum absolute atomic E-state index is 0.0941. The maximum Gasteiger partial charge on any atom is 0.303 e. The van der Waals surface area contributed by atoms with Crippen LogP contribution >= 0.6 is 0 Å². The third-order valence-corrected chi connectivity index (χ3v) is 6.01. The zero-order valence-corrected chi connectivity index (χ0v) is 21.1. The first-order valence-electron chi connectivity index (χ1n) is 12.1. The van der Waals surface area contributed by atoms with Crippen LogP contribution < -0.4 is 15.8 Å². The number of fused-ring (bicyclic) bond motifs is 1. The van der Waals surface area contributed by atoms with Gasteiger partial charge in [0.25, 0.3) is 11.5 Å². The molecule has 1 amide bonds. The van der Waals surface area contributed by atoms with Crippen molar-refractivity contribution >= 4 is 28.7 Å². The van der Waals surface area contributed by atoms with E-state index in [1.807, 2.05) is 30.3 Å². The first-order chi connectivity index (χ1) is 18.3. The number of aryl methyl sites for hydroxylation is 2. The van der Waals surface area contributed by atoms with Crippen LogP contribution in [-0.4, -0.2) is 62.2 Å². The highest BCUT2D eigenvalue weighted by Gasteiger charge is 2.20. The van der Waals surface area contributed by atoms with E-state index >= 15 is 0 Å². The van der Waals surface area contributed by atoms with E-state index < -0.39 is 11.9 Å². The lowest BCUT2D eigenvalue weighted by Gasteiger charge is -2.16. The van der Waals surface area contributed by atoms with Crippen LogP contribution in [0.1, 0.15) is 28.9 Å².